The van der Waals surface area contributed by atoms with Crippen LogP contribution >= 0.6 is 0 Å². The molecule has 5 nitrogen and oxygen atoms in total. The Labute approximate surface area is 124 Å². The van der Waals surface area contributed by atoms with Crippen molar-refractivity contribution in [2.45, 2.75) is 24.3 Å². The van der Waals surface area contributed by atoms with Gasteiger partial charge in [0.25, 0.3) is 0 Å². The van der Waals surface area contributed by atoms with Gasteiger partial charge < -0.3 is 10.2 Å². The molecule has 1 aliphatic rings. The smallest absolute Gasteiger partial charge is 0.236 e. The van der Waals surface area contributed by atoms with E-state index in [0.717, 1.165) is 6.07 Å². The zero-order chi connectivity index (χ0) is 15.6. The van der Waals surface area contributed by atoms with Crippen LogP contribution in [0.4, 0.5) is 4.39 Å². The summed E-state index contributed by atoms with van der Waals surface area (Å²) >= 11 is 0. The van der Waals surface area contributed by atoms with E-state index in [0.29, 0.717) is 18.5 Å². The van der Waals surface area contributed by atoms with Gasteiger partial charge in [0.2, 0.25) is 5.91 Å². The molecule has 7 heteroatoms. The van der Waals surface area contributed by atoms with E-state index < -0.39 is 15.7 Å². The average molecular weight is 314 g/mol. The minimum absolute atomic E-state index is 0.00110. The minimum atomic E-state index is -3.35. The van der Waals surface area contributed by atoms with Gasteiger partial charge in [0.1, 0.15) is 5.82 Å². The van der Waals surface area contributed by atoms with E-state index in [2.05, 4.69) is 5.32 Å². The minimum Gasteiger partial charge on any atom is -0.345 e. The molecule has 0 saturated carbocycles. The summed E-state index contributed by atoms with van der Waals surface area (Å²) in [5.41, 5.74) is 0.410. The second kappa shape index (κ2) is 6.11. The summed E-state index contributed by atoms with van der Waals surface area (Å²) in [7, 11) is -1.66. The Hall–Kier alpha value is -1.47. The molecular formula is C14H19FN2O3S. The summed E-state index contributed by atoms with van der Waals surface area (Å²) in [5.74, 6) is -0.556. The highest BCUT2D eigenvalue weighted by Crippen LogP contribution is 2.32. The highest BCUT2D eigenvalue weighted by molar-refractivity contribution is 7.91. The van der Waals surface area contributed by atoms with Crippen LogP contribution in [-0.2, 0) is 14.6 Å². The lowest BCUT2D eigenvalue weighted by molar-refractivity contribution is -0.128. The molecule has 2 rings (SSSR count). The monoisotopic (exact) mass is 314 g/mol. The van der Waals surface area contributed by atoms with E-state index in [1.54, 1.807) is 11.9 Å². The summed E-state index contributed by atoms with van der Waals surface area (Å²) in [5, 5.41) is 3.04. The second-order valence-corrected chi connectivity index (χ2v) is 7.21. The normalized spacial score (nSPS) is 19.9. The van der Waals surface area contributed by atoms with E-state index in [1.807, 2.05) is 6.92 Å². The fourth-order valence-corrected chi connectivity index (χ4v) is 3.95. The van der Waals surface area contributed by atoms with Crippen molar-refractivity contribution in [2.75, 3.05) is 25.9 Å². The van der Waals surface area contributed by atoms with Crippen molar-refractivity contribution in [3.8, 4) is 0 Å². The highest BCUT2D eigenvalue weighted by Gasteiger charge is 2.30. The van der Waals surface area contributed by atoms with Crippen molar-refractivity contribution in [2.24, 2.45) is 0 Å². The topological polar surface area (TPSA) is 66.5 Å². The largest absolute Gasteiger partial charge is 0.345 e. The lowest BCUT2D eigenvalue weighted by atomic mass is 10.0. The van der Waals surface area contributed by atoms with Gasteiger partial charge in [-0.15, -0.1) is 0 Å². The summed E-state index contributed by atoms with van der Waals surface area (Å²) in [4.78, 5) is 13.5. The van der Waals surface area contributed by atoms with Crippen molar-refractivity contribution in [3.05, 3.63) is 29.6 Å². The van der Waals surface area contributed by atoms with Crippen LogP contribution in [0.2, 0.25) is 0 Å². The first kappa shape index (κ1) is 15.9. The van der Waals surface area contributed by atoms with E-state index in [4.69, 9.17) is 0 Å². The molecular weight excluding hydrogens is 295 g/mol. The van der Waals surface area contributed by atoms with E-state index >= 15 is 0 Å². The van der Waals surface area contributed by atoms with Crippen LogP contribution in [0.1, 0.15) is 24.9 Å². The molecule has 1 aromatic carbocycles. The molecule has 1 heterocycles. The lowest BCUT2D eigenvalue weighted by Gasteiger charge is -2.27. The van der Waals surface area contributed by atoms with E-state index in [1.165, 1.54) is 12.1 Å². The van der Waals surface area contributed by atoms with Crippen molar-refractivity contribution in [3.63, 3.8) is 0 Å². The number of benzene rings is 1. The quantitative estimate of drug-likeness (QED) is 0.846. The molecule has 1 aliphatic heterocycles. The molecule has 1 amide bonds. The second-order valence-electron chi connectivity index (χ2n) is 5.13. The van der Waals surface area contributed by atoms with Crippen LogP contribution in [0.5, 0.6) is 0 Å². The summed E-state index contributed by atoms with van der Waals surface area (Å²) in [6, 6.07) is 3.36. The lowest BCUT2D eigenvalue weighted by Crippen LogP contribution is -2.38. The van der Waals surface area contributed by atoms with Crippen molar-refractivity contribution in [1.29, 1.82) is 0 Å². The first-order valence-electron chi connectivity index (χ1n) is 6.84. The summed E-state index contributed by atoms with van der Waals surface area (Å²) in [6.07, 6.45) is 0.335. The van der Waals surface area contributed by atoms with Gasteiger partial charge in [0.15, 0.2) is 9.84 Å². The Bertz CT molecular complexity index is 646. The van der Waals surface area contributed by atoms with Gasteiger partial charge in [-0.3, -0.25) is 4.79 Å². The van der Waals surface area contributed by atoms with Gasteiger partial charge in [-0.2, -0.15) is 0 Å². The number of carbonyl (C=O) groups excluding carboxylic acids is 1. The van der Waals surface area contributed by atoms with Crippen LogP contribution in [0.3, 0.4) is 0 Å². The Morgan fingerprint density at radius 1 is 1.48 bits per heavy atom. The highest BCUT2D eigenvalue weighted by atomic mass is 32.2. The fraction of sp³-hybridized carbons (Fsp3) is 0.500. The first-order valence-corrected chi connectivity index (χ1v) is 8.50. The number of sulfone groups is 1. The standard InChI is InChI=1S/C14H19FN2O3S/c1-3-17(2)14(18)9-16-12-6-7-21(19,20)13-5-4-10(15)8-11(12)13/h4-5,8,12,16H,3,6-7,9H2,1-2H3. The molecule has 116 valence electrons. The SMILES string of the molecule is CCN(C)C(=O)CNC1CCS(=O)(=O)c2ccc(F)cc21. The molecule has 0 radical (unpaired) electrons. The number of hydrogen-bond acceptors (Lipinski definition) is 4. The number of carbonyl (C=O) groups is 1. The number of likely N-dealkylation sites (N-methyl/N-ethyl adjacent to an activating group) is 1. The van der Waals surface area contributed by atoms with Crippen LogP contribution in [0.25, 0.3) is 0 Å². The summed E-state index contributed by atoms with van der Waals surface area (Å²) < 4.78 is 37.4. The molecule has 21 heavy (non-hydrogen) atoms. The predicted octanol–water partition coefficient (Wildman–Crippen LogP) is 1.11. The van der Waals surface area contributed by atoms with Crippen molar-refractivity contribution >= 4 is 15.7 Å². The maximum absolute atomic E-state index is 13.4. The average Bonchev–Trinajstić information content (AvgIpc) is 2.45. The van der Waals surface area contributed by atoms with E-state index in [-0.39, 0.29) is 29.1 Å². The van der Waals surface area contributed by atoms with Gasteiger partial charge in [-0.25, -0.2) is 12.8 Å². The van der Waals surface area contributed by atoms with E-state index in [9.17, 15) is 17.6 Å². The third-order valence-electron chi connectivity index (χ3n) is 3.76. The van der Waals surface area contributed by atoms with Gasteiger partial charge in [0, 0.05) is 19.6 Å². The molecule has 0 saturated heterocycles. The molecule has 1 atom stereocenters. The Morgan fingerprint density at radius 3 is 2.86 bits per heavy atom. The van der Waals surface area contributed by atoms with Gasteiger partial charge in [-0.1, -0.05) is 0 Å². The molecule has 1 aromatic rings. The fourth-order valence-electron chi connectivity index (χ4n) is 2.35. The predicted molar refractivity (Wildman–Crippen MR) is 77.1 cm³/mol. The third kappa shape index (κ3) is 3.41. The first-order chi connectivity index (χ1) is 9.85. The molecule has 0 aromatic heterocycles. The number of halogens is 1. The Morgan fingerprint density at radius 2 is 2.19 bits per heavy atom. The zero-order valence-corrected chi connectivity index (χ0v) is 12.9. The maximum Gasteiger partial charge on any atom is 0.236 e. The number of amides is 1. The number of fused-ring (bicyclic) bond motifs is 1. The van der Waals surface area contributed by atoms with Gasteiger partial charge in [0.05, 0.1) is 17.2 Å². The van der Waals surface area contributed by atoms with Crippen LogP contribution in [0, 0.1) is 5.82 Å². The van der Waals surface area contributed by atoms with Gasteiger partial charge >= 0.3 is 0 Å². The molecule has 0 aliphatic carbocycles. The maximum atomic E-state index is 13.4. The number of rotatable bonds is 4. The van der Waals surface area contributed by atoms with Crippen molar-refractivity contribution in [1.82, 2.24) is 10.2 Å². The van der Waals surface area contributed by atoms with Crippen LogP contribution in [-0.4, -0.2) is 45.1 Å². The van der Waals surface area contributed by atoms with Crippen LogP contribution < -0.4 is 5.32 Å². The third-order valence-corrected chi connectivity index (χ3v) is 5.57. The zero-order valence-electron chi connectivity index (χ0n) is 12.1. The van der Waals surface area contributed by atoms with Crippen molar-refractivity contribution < 1.29 is 17.6 Å². The summed E-state index contributed by atoms with van der Waals surface area (Å²) in [6.45, 7) is 2.57. The number of nitrogens with one attached hydrogen (secondary N) is 1. The Balaban J connectivity index is 2.20. The van der Waals surface area contributed by atoms with Crippen LogP contribution in [0.15, 0.2) is 23.1 Å². The van der Waals surface area contributed by atoms with Gasteiger partial charge in [-0.05, 0) is 37.1 Å². The molecule has 1 N–H and O–H groups in total. The molecule has 0 bridgehead atoms. The Kier molecular flexibility index (Phi) is 4.63. The molecule has 0 spiro atoms. The molecule has 0 fully saturated rings. The molecule has 1 unspecified atom stereocenters. The number of nitrogens with zero attached hydrogens (tertiary/aromatic N) is 1. The number of hydrogen-bond donors (Lipinski definition) is 1.